The quantitative estimate of drug-likeness (QED) is 0.246. The average Bonchev–Trinajstić information content (AvgIpc) is 3.41. The number of carbonyl (C=O) groups excluding carboxylic acids is 5. The van der Waals surface area contributed by atoms with E-state index < -0.39 is 80.6 Å². The van der Waals surface area contributed by atoms with Crippen LogP contribution in [0.25, 0.3) is 0 Å². The molecule has 5 N–H and O–H groups in total. The highest BCUT2D eigenvalue weighted by atomic mass is 32.2. The number of aliphatic hydroxyl groups is 1. The zero-order valence-corrected chi connectivity index (χ0v) is 28.9. The Morgan fingerprint density at radius 3 is 2.50 bits per heavy atom. The molecule has 1 fully saturated rings. The van der Waals surface area contributed by atoms with E-state index in [1.54, 1.807) is 33.8 Å². The van der Waals surface area contributed by atoms with E-state index in [1.165, 1.54) is 42.3 Å². The second kappa shape index (κ2) is 16.3. The smallest absolute Gasteiger partial charge is 0.408 e. The van der Waals surface area contributed by atoms with Gasteiger partial charge in [-0.25, -0.2) is 17.9 Å². The Labute approximate surface area is 281 Å². The third kappa shape index (κ3) is 10.2. The van der Waals surface area contributed by atoms with Crippen LogP contribution in [0.15, 0.2) is 41.3 Å². The number of benzene rings is 1. The molecular formula is C32H47N5O10S. The maximum Gasteiger partial charge on any atom is 0.408 e. The van der Waals surface area contributed by atoms with E-state index in [0.29, 0.717) is 25.7 Å². The fourth-order valence-corrected chi connectivity index (χ4v) is 6.59. The molecule has 1 saturated heterocycles. The summed E-state index contributed by atoms with van der Waals surface area (Å²) >= 11 is 0. The number of hydrogen-bond donors (Lipinski definition) is 5. The third-order valence-corrected chi connectivity index (χ3v) is 9.30. The molecule has 3 rings (SSSR count). The molecule has 0 bridgehead atoms. The number of amides is 5. The lowest BCUT2D eigenvalue weighted by molar-refractivity contribution is -0.141. The van der Waals surface area contributed by atoms with Crippen LogP contribution in [0.4, 0.5) is 4.79 Å². The van der Waals surface area contributed by atoms with Gasteiger partial charge in [-0.2, -0.15) is 0 Å². The maximum atomic E-state index is 13.9. The van der Waals surface area contributed by atoms with Crippen LogP contribution in [0.5, 0.6) is 5.75 Å². The fraction of sp³-hybridized carbons (Fsp3) is 0.594. The normalized spacial score (nSPS) is 24.7. The molecule has 2 heterocycles. The lowest BCUT2D eigenvalue weighted by Crippen LogP contribution is -2.62. The third-order valence-electron chi connectivity index (χ3n) is 7.93. The van der Waals surface area contributed by atoms with Gasteiger partial charge in [0.05, 0.1) is 6.10 Å². The van der Waals surface area contributed by atoms with E-state index in [-0.39, 0.29) is 31.6 Å². The van der Waals surface area contributed by atoms with Gasteiger partial charge in [0.2, 0.25) is 11.8 Å². The minimum Gasteiger partial charge on any atom is -0.482 e. The molecule has 0 radical (unpaired) electrons. The van der Waals surface area contributed by atoms with Gasteiger partial charge in [0.15, 0.2) is 6.61 Å². The molecule has 266 valence electrons. The molecule has 15 nitrogen and oxygen atoms in total. The van der Waals surface area contributed by atoms with Gasteiger partial charge in [-0.1, -0.05) is 44.1 Å². The van der Waals surface area contributed by atoms with Crippen LogP contribution < -0.4 is 25.4 Å². The first-order valence-corrected chi connectivity index (χ1v) is 17.5. The molecule has 16 heteroatoms. The molecule has 2 aliphatic rings. The number of fused-ring (bicyclic) bond motifs is 1. The monoisotopic (exact) mass is 693 g/mol. The number of nitrogens with one attached hydrogen (secondary N) is 4. The van der Waals surface area contributed by atoms with Gasteiger partial charge >= 0.3 is 6.09 Å². The number of alkyl carbamates (subject to hydrolysis) is 1. The minimum absolute atomic E-state index is 0.0720. The van der Waals surface area contributed by atoms with Crippen LogP contribution in [0, 0.1) is 0 Å². The summed E-state index contributed by atoms with van der Waals surface area (Å²) in [7, 11) is -3.19. The van der Waals surface area contributed by atoms with Crippen LogP contribution in [0.1, 0.15) is 72.6 Å². The molecule has 0 aliphatic carbocycles. The average molecular weight is 694 g/mol. The number of sulfonamides is 1. The van der Waals surface area contributed by atoms with E-state index in [2.05, 4.69) is 20.7 Å². The number of hydrogen-bond acceptors (Lipinski definition) is 10. The van der Waals surface area contributed by atoms with E-state index in [1.807, 2.05) is 0 Å². The number of likely N-dealkylation sites (N-methyl/N-ethyl adjacent to an activating group) is 1. The zero-order chi connectivity index (χ0) is 35.7. The predicted octanol–water partition coefficient (Wildman–Crippen LogP) is 1.26. The summed E-state index contributed by atoms with van der Waals surface area (Å²) in [6.07, 6.45) is 3.65. The summed E-state index contributed by atoms with van der Waals surface area (Å²) in [5.74, 6) is -3.11. The number of para-hydroxylation sites is 1. The molecule has 1 aromatic rings. The van der Waals surface area contributed by atoms with Gasteiger partial charge in [0.25, 0.3) is 21.8 Å². The highest BCUT2D eigenvalue weighted by Gasteiger charge is 2.46. The lowest BCUT2D eigenvalue weighted by Gasteiger charge is -2.34. The molecule has 5 amide bonds. The zero-order valence-electron chi connectivity index (χ0n) is 28.0. The maximum absolute atomic E-state index is 13.9. The molecule has 0 saturated carbocycles. The molecule has 0 aromatic heterocycles. The largest absolute Gasteiger partial charge is 0.482 e. The lowest BCUT2D eigenvalue weighted by atomic mass is 9.92. The Morgan fingerprint density at radius 2 is 1.83 bits per heavy atom. The van der Waals surface area contributed by atoms with Gasteiger partial charge in [-0.05, 0) is 58.6 Å². The van der Waals surface area contributed by atoms with Crippen molar-refractivity contribution < 1.29 is 47.0 Å². The Kier molecular flexibility index (Phi) is 13.0. The SMILES string of the molecule is CC[C@]1(C(=O)NS(=O)(=O)c2ccccc2OCC(=O)NC)/C=C\CCCCC[C@H](NC(=O)OC(C)(C)C)C(=O)N2C[C@H](O)C[C@H]2C(=O)N1. The number of rotatable bonds is 8. The molecule has 0 unspecified atom stereocenters. The van der Waals surface area contributed by atoms with Crippen molar-refractivity contribution in [3.63, 3.8) is 0 Å². The summed E-state index contributed by atoms with van der Waals surface area (Å²) in [4.78, 5) is 66.7. The van der Waals surface area contributed by atoms with Crippen molar-refractivity contribution in [2.24, 2.45) is 0 Å². The Hall–Kier alpha value is -4.18. The van der Waals surface area contributed by atoms with Gasteiger partial charge in [-0.3, -0.25) is 19.2 Å². The minimum atomic E-state index is -4.59. The van der Waals surface area contributed by atoms with E-state index in [9.17, 15) is 37.5 Å². The van der Waals surface area contributed by atoms with Crippen LogP contribution in [-0.2, 0) is 33.9 Å². The van der Waals surface area contributed by atoms with Crippen LogP contribution in [0.3, 0.4) is 0 Å². The Balaban J connectivity index is 1.93. The second-order valence-electron chi connectivity index (χ2n) is 12.8. The van der Waals surface area contributed by atoms with Gasteiger partial charge in [0.1, 0.15) is 33.9 Å². The topological polar surface area (TPSA) is 210 Å². The van der Waals surface area contributed by atoms with Crippen LogP contribution in [0.2, 0.25) is 0 Å². The molecule has 4 atom stereocenters. The summed E-state index contributed by atoms with van der Waals surface area (Å²) in [6.45, 7) is 6.00. The van der Waals surface area contributed by atoms with Gasteiger partial charge in [0, 0.05) is 20.0 Å². The first-order chi connectivity index (χ1) is 22.5. The van der Waals surface area contributed by atoms with E-state index >= 15 is 0 Å². The van der Waals surface area contributed by atoms with E-state index in [0.717, 1.165) is 0 Å². The Morgan fingerprint density at radius 1 is 1.12 bits per heavy atom. The van der Waals surface area contributed by atoms with Crippen molar-refractivity contribution in [3.05, 3.63) is 36.4 Å². The van der Waals surface area contributed by atoms with Gasteiger partial charge in [-0.15, -0.1) is 0 Å². The summed E-state index contributed by atoms with van der Waals surface area (Å²) in [5.41, 5.74) is -2.69. The molecule has 1 aromatic carbocycles. The summed E-state index contributed by atoms with van der Waals surface area (Å²) in [6, 6.07) is 3.22. The predicted molar refractivity (Wildman–Crippen MR) is 174 cm³/mol. The first-order valence-electron chi connectivity index (χ1n) is 16.0. The summed E-state index contributed by atoms with van der Waals surface area (Å²) < 4.78 is 39.8. The Bertz CT molecular complexity index is 1490. The van der Waals surface area contributed by atoms with E-state index in [4.69, 9.17) is 9.47 Å². The number of ether oxygens (including phenoxy) is 2. The van der Waals surface area contributed by atoms with Crippen LogP contribution >= 0.6 is 0 Å². The van der Waals surface area contributed by atoms with Crippen molar-refractivity contribution >= 4 is 39.7 Å². The number of carbonyl (C=O) groups is 5. The molecule has 48 heavy (non-hydrogen) atoms. The van der Waals surface area contributed by atoms with Crippen molar-refractivity contribution in [2.75, 3.05) is 20.2 Å². The van der Waals surface area contributed by atoms with Crippen molar-refractivity contribution in [3.8, 4) is 5.75 Å². The number of nitrogens with zero attached hydrogens (tertiary/aromatic N) is 1. The fourth-order valence-electron chi connectivity index (χ4n) is 5.40. The van der Waals surface area contributed by atoms with Crippen LogP contribution in [-0.4, -0.2) is 97.7 Å². The van der Waals surface area contributed by atoms with Gasteiger partial charge < -0.3 is 35.4 Å². The van der Waals surface area contributed by atoms with Crippen molar-refractivity contribution in [1.29, 1.82) is 0 Å². The molecular weight excluding hydrogens is 646 g/mol. The molecule has 0 spiro atoms. The highest BCUT2D eigenvalue weighted by molar-refractivity contribution is 7.90. The standard InChI is InChI=1S/C32H47N5O10S/c1-6-32(29(42)36-48(44,45)25-16-12-11-15-24(25)46-20-26(39)33-5)17-13-9-7-8-10-14-22(34-30(43)47-31(2,3)4)28(41)37-19-21(38)18-23(37)27(40)35-32/h11-13,15-17,21-23,38H,6-10,14,18-20H2,1-5H3,(H,33,39)(H,34,43)(H,35,40)(H,36,42)/b17-13-/t21-,22+,23+,32-/m1/s1. The second-order valence-corrected chi connectivity index (χ2v) is 14.4. The highest BCUT2D eigenvalue weighted by Crippen LogP contribution is 2.27. The van der Waals surface area contributed by atoms with Crippen molar-refractivity contribution in [2.45, 2.75) is 107 Å². The number of aliphatic hydroxyl groups excluding tert-OH is 1. The number of allylic oxidation sites excluding steroid dienone is 1. The first kappa shape index (κ1) is 38.3. The van der Waals surface area contributed by atoms with Crippen molar-refractivity contribution in [1.82, 2.24) is 25.6 Å². The summed E-state index contributed by atoms with van der Waals surface area (Å²) in [5, 5.41) is 18.2. The molecule has 2 aliphatic heterocycles.